The summed E-state index contributed by atoms with van der Waals surface area (Å²) in [6.45, 7) is 0.218. The van der Waals surface area contributed by atoms with E-state index in [0.717, 1.165) is 32.1 Å². The third-order valence-electron chi connectivity index (χ3n) is 8.12. The van der Waals surface area contributed by atoms with Gasteiger partial charge in [-0.25, -0.2) is 23.1 Å². The molecule has 27 heteroatoms. The molecule has 61 heavy (non-hydrogen) atoms. The Bertz CT molecular complexity index is 1780. The van der Waals surface area contributed by atoms with Crippen molar-refractivity contribution in [2.75, 3.05) is 13.2 Å². The maximum absolute atomic E-state index is 13.1. The summed E-state index contributed by atoms with van der Waals surface area (Å²) in [6.07, 6.45) is 0.107. The predicted molar refractivity (Wildman–Crippen MR) is 227 cm³/mol. The van der Waals surface area contributed by atoms with Gasteiger partial charge in [0.15, 0.2) is 6.10 Å². The van der Waals surface area contributed by atoms with Gasteiger partial charge in [0.05, 0.1) is 6.61 Å². The number of ether oxygens (including phenoxy) is 2. The van der Waals surface area contributed by atoms with E-state index in [1.807, 2.05) is 11.8 Å². The van der Waals surface area contributed by atoms with Crippen LogP contribution in [-0.2, 0) is 59.9 Å². The fourth-order valence-corrected chi connectivity index (χ4v) is 8.20. The number of phosphoric acid groups is 4. The van der Waals surface area contributed by atoms with Crippen molar-refractivity contribution < 1.29 is 114 Å². The average Bonchev–Trinajstić information content (AvgIpc) is 3.13. The number of unbranched alkanes of at least 4 members (excludes halogenated alkanes) is 12. The maximum atomic E-state index is 13.1. The fourth-order valence-electron chi connectivity index (χ4n) is 5.54. The smallest absolute Gasteiger partial charge is 0.456 e. The van der Waals surface area contributed by atoms with Gasteiger partial charge < -0.3 is 60.1 Å². The highest BCUT2D eigenvalue weighted by Crippen LogP contribution is 2.53. The minimum Gasteiger partial charge on any atom is -0.456 e. The molecule has 1 rings (SSSR count). The SMILES string of the molecule is C#CC#CC#CC#CC(=O)OC[C@H](COP(=O)(O)OC1C(O)[C@@H](OP(=O)(O)O)C(OP(=O)(O)O)[C@@H](OP(=O)(O)O)[C@H]1O)OC(=O)CCCCCCCCCCCCCCC.N.[HH].[HH].[HH].[HH].[HH].[HH].[HH]. The molecule has 0 aromatic carbocycles. The van der Waals surface area contributed by atoms with Crippen molar-refractivity contribution in [1.82, 2.24) is 6.15 Å². The van der Waals surface area contributed by atoms with Gasteiger partial charge in [-0.2, -0.15) is 0 Å². The monoisotopic (exact) mass is 967 g/mol. The lowest BCUT2D eigenvalue weighted by Gasteiger charge is -2.45. The number of esters is 2. The first-order valence-corrected chi connectivity index (χ1v) is 24.6. The highest BCUT2D eigenvalue weighted by atomic mass is 31.2. The lowest BCUT2D eigenvalue weighted by molar-refractivity contribution is -0.209. The second-order valence-electron chi connectivity index (χ2n) is 13.1. The van der Waals surface area contributed by atoms with Crippen molar-refractivity contribution in [3.8, 4) is 47.9 Å². The van der Waals surface area contributed by atoms with Crippen molar-refractivity contribution in [2.45, 2.75) is 140 Å². The van der Waals surface area contributed by atoms with E-state index in [1.54, 1.807) is 0 Å². The van der Waals surface area contributed by atoms with E-state index >= 15 is 0 Å². The van der Waals surface area contributed by atoms with Crippen molar-refractivity contribution in [3.05, 3.63) is 0 Å². The third-order valence-corrected chi connectivity index (χ3v) is 10.7. The van der Waals surface area contributed by atoms with E-state index in [9.17, 15) is 72.3 Å². The summed E-state index contributed by atoms with van der Waals surface area (Å²) in [7, 11) is -23.1. The van der Waals surface area contributed by atoms with Gasteiger partial charge in [0.1, 0.15) is 43.2 Å². The molecular weight excluding hydrogens is 898 g/mol. The second-order valence-corrected chi connectivity index (χ2v) is 18.1. The van der Waals surface area contributed by atoms with Crippen molar-refractivity contribution in [1.29, 1.82) is 0 Å². The van der Waals surface area contributed by atoms with Crippen molar-refractivity contribution in [3.63, 3.8) is 0 Å². The van der Waals surface area contributed by atoms with Crippen LogP contribution >= 0.6 is 31.3 Å². The topological polar surface area (TPSA) is 384 Å². The number of aliphatic hydroxyl groups excluding tert-OH is 2. The molecule has 12 N–H and O–H groups in total. The van der Waals surface area contributed by atoms with Crippen LogP contribution in [0.15, 0.2) is 0 Å². The van der Waals surface area contributed by atoms with E-state index in [4.69, 9.17) is 24.9 Å². The zero-order chi connectivity index (χ0) is 45.4. The van der Waals surface area contributed by atoms with Crippen molar-refractivity contribution >= 4 is 43.2 Å². The number of hydrogen-bond acceptors (Lipinski definition) is 16. The Morgan fingerprint density at radius 1 is 0.607 bits per heavy atom. The summed E-state index contributed by atoms with van der Waals surface area (Å²) in [5.74, 6) is 12.9. The van der Waals surface area contributed by atoms with E-state index in [2.05, 4.69) is 50.1 Å². The largest absolute Gasteiger partial charge is 0.472 e. The highest BCUT2D eigenvalue weighted by molar-refractivity contribution is 7.47. The minimum atomic E-state index is -5.81. The Kier molecular flexibility index (Phi) is 28.6. The number of hydrogen-bond donors (Lipinski definition) is 10. The van der Waals surface area contributed by atoms with Gasteiger partial charge in [0.2, 0.25) is 0 Å². The fraction of sp³-hybridized carbons (Fsp3) is 0.706. The van der Waals surface area contributed by atoms with Crippen LogP contribution in [-0.4, -0.2) is 112 Å². The van der Waals surface area contributed by atoms with Crippen LogP contribution in [0.3, 0.4) is 0 Å². The first-order valence-electron chi connectivity index (χ1n) is 18.5. The van der Waals surface area contributed by atoms with Gasteiger partial charge in [0.25, 0.3) is 0 Å². The molecule has 8 atom stereocenters. The first kappa shape index (κ1) is 58.5. The molecule has 0 aromatic rings. The van der Waals surface area contributed by atoms with E-state index < -0.39 is 99.2 Å². The molecule has 0 aromatic heterocycles. The van der Waals surface area contributed by atoms with Crippen LogP contribution in [0.1, 0.15) is 107 Å². The van der Waals surface area contributed by atoms with Gasteiger partial charge >= 0.3 is 43.2 Å². The summed E-state index contributed by atoms with van der Waals surface area (Å²) in [5.41, 5.74) is 0. The predicted octanol–water partition coefficient (Wildman–Crippen LogP) is 4.12. The van der Waals surface area contributed by atoms with Gasteiger partial charge in [-0.3, -0.25) is 27.4 Å². The minimum absolute atomic E-state index is 0. The van der Waals surface area contributed by atoms with Gasteiger partial charge in [0, 0.05) is 22.3 Å². The molecule has 1 aliphatic rings. The zero-order valence-corrected chi connectivity index (χ0v) is 36.8. The Labute approximate surface area is 364 Å². The quantitative estimate of drug-likeness (QED) is 0.0173. The van der Waals surface area contributed by atoms with Gasteiger partial charge in [-0.1, -0.05) is 84.0 Å². The summed E-state index contributed by atoms with van der Waals surface area (Å²) in [5, 5.41) is 21.6. The average molecular weight is 968 g/mol. The number of rotatable bonds is 28. The summed E-state index contributed by atoms with van der Waals surface area (Å²) >= 11 is 0. The lowest BCUT2D eigenvalue weighted by Crippen LogP contribution is -2.65. The van der Waals surface area contributed by atoms with Crippen LogP contribution in [0.2, 0.25) is 0 Å². The first-order chi connectivity index (χ1) is 28.0. The molecule has 0 saturated heterocycles. The Morgan fingerprint density at radius 2 is 1.03 bits per heavy atom. The number of phosphoric ester groups is 4. The molecule has 0 aliphatic heterocycles. The molecule has 1 fully saturated rings. The molecule has 0 radical (unpaired) electrons. The third kappa shape index (κ3) is 28.0. The molecule has 362 valence electrons. The molecular formula is C34H69NO22P4. The van der Waals surface area contributed by atoms with Gasteiger partial charge in [-0.15, -0.1) is 6.42 Å². The molecule has 23 nitrogen and oxygen atoms in total. The van der Waals surface area contributed by atoms with E-state index in [-0.39, 0.29) is 22.6 Å². The molecule has 0 heterocycles. The van der Waals surface area contributed by atoms with Crippen LogP contribution in [0, 0.1) is 47.9 Å². The second kappa shape index (κ2) is 29.8. The molecule has 0 amide bonds. The molecule has 0 bridgehead atoms. The van der Waals surface area contributed by atoms with Gasteiger partial charge in [-0.05, 0) is 41.9 Å². The molecule has 1 aliphatic carbocycles. The molecule has 4 unspecified atom stereocenters. The standard InChI is InChI=1S/C34H52O22P4.H3N.7H2/c1-3-5-7-9-11-12-13-14-15-16-17-19-21-23-28(36)52-26(24-50-27(35)22-20-18-10-8-6-4-2)25-51-60(48,49)56-31-29(37)32(53-57(39,40)41)34(55-59(45,46)47)33(30(31)38)54-58(42,43)44;;;;;;;;/h2,26,29-34,37-38H,3,5,7,9,11-17,19,21,23-25H2,1H3,(H,48,49)(H2,39,40,41)(H2,42,43,44)(H2,45,46,47);1H3;7*1H/t26-,29+,30?,31?,32+,33-,34?;;;;;;;;/m1......../s1. The number of aliphatic hydroxyl groups is 2. The van der Waals surface area contributed by atoms with Crippen LogP contribution in [0.5, 0.6) is 0 Å². The summed E-state index contributed by atoms with van der Waals surface area (Å²) in [4.78, 5) is 91.4. The lowest BCUT2D eigenvalue weighted by atomic mass is 9.85. The maximum Gasteiger partial charge on any atom is 0.472 e. The van der Waals surface area contributed by atoms with Crippen LogP contribution < -0.4 is 6.15 Å². The molecule has 0 spiro atoms. The van der Waals surface area contributed by atoms with Crippen molar-refractivity contribution in [2.24, 2.45) is 0 Å². The van der Waals surface area contributed by atoms with E-state index in [0.29, 0.717) is 12.8 Å². The summed E-state index contributed by atoms with van der Waals surface area (Å²) < 4.78 is 80.7. The Hall–Kier alpha value is -2.50. The molecule has 1 saturated carbocycles. The Morgan fingerprint density at radius 3 is 1.49 bits per heavy atom. The Balaban J connectivity index is -0.000000750. The zero-order valence-electron chi connectivity index (χ0n) is 33.3. The highest BCUT2D eigenvalue weighted by Gasteiger charge is 2.59. The normalized spacial score (nSPS) is 21.6. The van der Waals surface area contributed by atoms with Crippen LogP contribution in [0.25, 0.3) is 0 Å². The number of carbonyl (C=O) groups excluding carboxylic acids is 2. The van der Waals surface area contributed by atoms with E-state index in [1.165, 1.54) is 38.5 Å². The number of carbonyl (C=O) groups is 2. The number of terminal acetylenes is 1. The summed E-state index contributed by atoms with van der Waals surface area (Å²) in [6, 6.07) is 0. The van der Waals surface area contributed by atoms with Crippen LogP contribution in [0.4, 0.5) is 0 Å².